The lowest BCUT2D eigenvalue weighted by atomic mass is 10.1. The zero-order chi connectivity index (χ0) is 16.9. The number of carboxylic acid groups (broad SMARTS) is 1. The van der Waals surface area contributed by atoms with Crippen molar-refractivity contribution in [3.8, 4) is 0 Å². The fourth-order valence-electron chi connectivity index (χ4n) is 2.18. The van der Waals surface area contributed by atoms with Crippen molar-refractivity contribution in [1.82, 2.24) is 0 Å². The van der Waals surface area contributed by atoms with E-state index in [1.165, 1.54) is 77.0 Å². The van der Waals surface area contributed by atoms with E-state index >= 15 is 0 Å². The first-order valence-corrected chi connectivity index (χ1v) is 9.10. The largest absolute Gasteiger partial charge is 0.481 e. The van der Waals surface area contributed by atoms with Gasteiger partial charge in [-0.15, -0.1) is 0 Å². The van der Waals surface area contributed by atoms with Gasteiger partial charge in [0.2, 0.25) is 0 Å². The Labute approximate surface area is 137 Å². The van der Waals surface area contributed by atoms with E-state index in [1.807, 2.05) is 0 Å². The summed E-state index contributed by atoms with van der Waals surface area (Å²) in [6.07, 6.45) is 21.7. The molecule has 0 saturated heterocycles. The molecule has 0 aliphatic carbocycles. The maximum Gasteiger partial charge on any atom is 0.300 e. The predicted octanol–water partition coefficient (Wildman–Crippen LogP) is 5.72. The Kier molecular flexibility index (Phi) is 23.9. The Morgan fingerprint density at radius 3 is 1.55 bits per heavy atom. The van der Waals surface area contributed by atoms with E-state index in [4.69, 9.17) is 15.0 Å². The van der Waals surface area contributed by atoms with Crippen molar-refractivity contribution in [2.45, 2.75) is 97.3 Å². The summed E-state index contributed by atoms with van der Waals surface area (Å²) in [4.78, 5) is 9.00. The summed E-state index contributed by atoms with van der Waals surface area (Å²) < 4.78 is 0. The van der Waals surface area contributed by atoms with Crippen LogP contribution in [0.3, 0.4) is 0 Å². The van der Waals surface area contributed by atoms with E-state index < -0.39 is 5.97 Å². The first kappa shape index (κ1) is 23.4. The molecule has 0 aliphatic heterocycles. The summed E-state index contributed by atoms with van der Waals surface area (Å²) in [5.74, 6) is -0.833. The number of unbranched alkanes of at least 4 members (excludes halogenated alkanes) is 11. The SMILES string of the molecule is CC(=O)O.CCCCC/C=C\CCCCCCCCCCO. The summed E-state index contributed by atoms with van der Waals surface area (Å²) in [6, 6.07) is 0. The number of allylic oxidation sites excluding steroid dienone is 2. The smallest absolute Gasteiger partial charge is 0.300 e. The van der Waals surface area contributed by atoms with Crippen molar-refractivity contribution < 1.29 is 15.0 Å². The third-order valence-electron chi connectivity index (χ3n) is 3.42. The molecule has 132 valence electrons. The Morgan fingerprint density at radius 2 is 1.14 bits per heavy atom. The highest BCUT2D eigenvalue weighted by Crippen LogP contribution is 2.10. The molecular weight excluding hydrogens is 276 g/mol. The third kappa shape index (κ3) is 31.5. The molecule has 0 aromatic carbocycles. The fraction of sp³-hybridized carbons (Fsp3) is 0.842. The van der Waals surface area contributed by atoms with Gasteiger partial charge in [0, 0.05) is 13.5 Å². The molecule has 22 heavy (non-hydrogen) atoms. The number of carbonyl (C=O) groups is 1. The molecule has 0 atom stereocenters. The molecule has 0 unspecified atom stereocenters. The van der Waals surface area contributed by atoms with Crippen LogP contribution in [0.25, 0.3) is 0 Å². The third-order valence-corrected chi connectivity index (χ3v) is 3.42. The van der Waals surface area contributed by atoms with Crippen LogP contribution in [0.2, 0.25) is 0 Å². The van der Waals surface area contributed by atoms with Gasteiger partial charge in [0.1, 0.15) is 0 Å². The molecule has 0 aromatic rings. The minimum absolute atomic E-state index is 0.366. The zero-order valence-electron chi connectivity index (χ0n) is 14.9. The van der Waals surface area contributed by atoms with Gasteiger partial charge in [-0.3, -0.25) is 4.79 Å². The highest BCUT2D eigenvalue weighted by atomic mass is 16.4. The molecule has 0 heterocycles. The maximum atomic E-state index is 9.00. The number of rotatable bonds is 14. The molecule has 0 bridgehead atoms. The van der Waals surface area contributed by atoms with Crippen molar-refractivity contribution in [1.29, 1.82) is 0 Å². The van der Waals surface area contributed by atoms with E-state index in [0.717, 1.165) is 13.3 Å². The number of hydrogen-bond donors (Lipinski definition) is 2. The second kappa shape index (κ2) is 22.5. The van der Waals surface area contributed by atoms with E-state index in [1.54, 1.807) is 0 Å². The molecule has 0 radical (unpaired) electrons. The number of aliphatic carboxylic acids is 1. The van der Waals surface area contributed by atoms with Gasteiger partial charge in [0.05, 0.1) is 0 Å². The Morgan fingerprint density at radius 1 is 0.773 bits per heavy atom. The van der Waals surface area contributed by atoms with E-state index in [0.29, 0.717) is 6.61 Å². The number of hydrogen-bond acceptors (Lipinski definition) is 2. The normalized spacial score (nSPS) is 10.5. The average molecular weight is 315 g/mol. The van der Waals surface area contributed by atoms with Crippen LogP contribution >= 0.6 is 0 Å². The summed E-state index contributed by atoms with van der Waals surface area (Å²) in [5, 5.41) is 16.1. The molecule has 0 saturated carbocycles. The number of aliphatic hydroxyl groups is 1. The van der Waals surface area contributed by atoms with Crippen LogP contribution in [-0.4, -0.2) is 22.8 Å². The summed E-state index contributed by atoms with van der Waals surface area (Å²) in [5.41, 5.74) is 0. The maximum absolute atomic E-state index is 9.00. The first-order chi connectivity index (χ1) is 10.6. The lowest BCUT2D eigenvalue weighted by Crippen LogP contribution is -1.84. The molecule has 3 heteroatoms. The van der Waals surface area contributed by atoms with Crippen LogP contribution < -0.4 is 0 Å². The summed E-state index contributed by atoms with van der Waals surface area (Å²) in [7, 11) is 0. The molecule has 3 nitrogen and oxygen atoms in total. The highest BCUT2D eigenvalue weighted by molar-refractivity contribution is 5.62. The van der Waals surface area contributed by atoms with Gasteiger partial charge in [-0.05, 0) is 32.1 Å². The van der Waals surface area contributed by atoms with Gasteiger partial charge in [-0.25, -0.2) is 0 Å². The van der Waals surface area contributed by atoms with E-state index in [9.17, 15) is 0 Å². The fourth-order valence-corrected chi connectivity index (χ4v) is 2.18. The van der Waals surface area contributed by atoms with Gasteiger partial charge < -0.3 is 10.2 Å². The first-order valence-electron chi connectivity index (χ1n) is 9.10. The molecule has 2 N–H and O–H groups in total. The number of aliphatic hydroxyl groups excluding tert-OH is 1. The lowest BCUT2D eigenvalue weighted by molar-refractivity contribution is -0.134. The second-order valence-corrected chi connectivity index (χ2v) is 5.83. The Balaban J connectivity index is 0. The molecule has 0 rings (SSSR count). The van der Waals surface area contributed by atoms with Crippen LogP contribution in [0, 0.1) is 0 Å². The summed E-state index contributed by atoms with van der Waals surface area (Å²) >= 11 is 0. The van der Waals surface area contributed by atoms with Gasteiger partial charge in [0.15, 0.2) is 0 Å². The highest BCUT2D eigenvalue weighted by Gasteiger charge is 1.91. The van der Waals surface area contributed by atoms with E-state index in [2.05, 4.69) is 19.1 Å². The predicted molar refractivity (Wildman–Crippen MR) is 95.2 cm³/mol. The van der Waals surface area contributed by atoms with Gasteiger partial charge in [-0.1, -0.05) is 70.4 Å². The van der Waals surface area contributed by atoms with E-state index in [-0.39, 0.29) is 0 Å². The van der Waals surface area contributed by atoms with Crippen molar-refractivity contribution in [3.63, 3.8) is 0 Å². The average Bonchev–Trinajstić information content (AvgIpc) is 2.47. The van der Waals surface area contributed by atoms with Crippen molar-refractivity contribution in [2.24, 2.45) is 0 Å². The van der Waals surface area contributed by atoms with Gasteiger partial charge in [-0.2, -0.15) is 0 Å². The van der Waals surface area contributed by atoms with Crippen LogP contribution in [0.1, 0.15) is 97.3 Å². The molecule has 0 amide bonds. The van der Waals surface area contributed by atoms with Crippen LogP contribution in [0.5, 0.6) is 0 Å². The summed E-state index contributed by atoms with van der Waals surface area (Å²) in [6.45, 7) is 3.71. The topological polar surface area (TPSA) is 57.5 Å². The van der Waals surface area contributed by atoms with Crippen LogP contribution in [-0.2, 0) is 4.79 Å². The van der Waals surface area contributed by atoms with Crippen LogP contribution in [0.15, 0.2) is 12.2 Å². The molecule has 0 spiro atoms. The van der Waals surface area contributed by atoms with Gasteiger partial charge in [0.25, 0.3) is 5.97 Å². The molecular formula is C19H38O3. The van der Waals surface area contributed by atoms with Crippen molar-refractivity contribution in [3.05, 3.63) is 12.2 Å². The van der Waals surface area contributed by atoms with Gasteiger partial charge >= 0.3 is 0 Å². The molecule has 0 aliphatic rings. The molecule has 0 aromatic heterocycles. The Hall–Kier alpha value is -0.830. The molecule has 0 fully saturated rings. The van der Waals surface area contributed by atoms with Crippen molar-refractivity contribution in [2.75, 3.05) is 6.61 Å². The lowest BCUT2D eigenvalue weighted by Gasteiger charge is -2.00. The minimum atomic E-state index is -0.833. The second-order valence-electron chi connectivity index (χ2n) is 5.83. The zero-order valence-corrected chi connectivity index (χ0v) is 14.9. The standard InChI is InChI=1S/C17H34O.C2H4O2/c1-2-3-4-5-6-7-8-9-10-11-12-13-14-15-16-17-18;1-2(3)4/h6-7,18H,2-5,8-17H2,1H3;1H3,(H,3,4)/b7-6-;. The van der Waals surface area contributed by atoms with Crippen LogP contribution in [0.4, 0.5) is 0 Å². The number of carboxylic acids is 1. The quantitative estimate of drug-likeness (QED) is 0.318. The monoisotopic (exact) mass is 314 g/mol. The minimum Gasteiger partial charge on any atom is -0.481 e. The van der Waals surface area contributed by atoms with Crippen molar-refractivity contribution >= 4 is 5.97 Å². The Bertz CT molecular complexity index is 233.